The maximum atomic E-state index is 11.5. The standard InChI is InChI=1S/C12H12N2O6S3/c13-7-3-1-5-9(22(15,16)17)11(7)21-12-8(14)4-2-6-10(12)23(18,19)20/h1-6H,13-14H2,(H,15,16,17)(H,18,19,20). The van der Waals surface area contributed by atoms with Crippen LogP contribution in [0.3, 0.4) is 0 Å². The molecule has 0 aliphatic rings. The third kappa shape index (κ3) is 3.76. The van der Waals surface area contributed by atoms with E-state index in [0.29, 0.717) is 11.8 Å². The van der Waals surface area contributed by atoms with E-state index in [9.17, 15) is 25.9 Å². The van der Waals surface area contributed by atoms with E-state index in [0.717, 1.165) is 12.1 Å². The predicted octanol–water partition coefficient (Wildman–Crippen LogP) is 1.50. The summed E-state index contributed by atoms with van der Waals surface area (Å²) in [6.07, 6.45) is 0. The van der Waals surface area contributed by atoms with Crippen LogP contribution in [-0.2, 0) is 20.2 Å². The molecular formula is C12H12N2O6S3. The number of nitrogen functional groups attached to an aromatic ring is 2. The van der Waals surface area contributed by atoms with Gasteiger partial charge < -0.3 is 11.5 Å². The maximum absolute atomic E-state index is 11.5. The number of hydrogen-bond donors (Lipinski definition) is 4. The molecule has 0 bridgehead atoms. The lowest BCUT2D eigenvalue weighted by atomic mass is 10.3. The molecular weight excluding hydrogens is 364 g/mol. The average Bonchev–Trinajstić information content (AvgIpc) is 2.40. The van der Waals surface area contributed by atoms with Crippen LogP contribution >= 0.6 is 11.8 Å². The highest BCUT2D eigenvalue weighted by Crippen LogP contribution is 2.42. The zero-order valence-electron chi connectivity index (χ0n) is 11.4. The van der Waals surface area contributed by atoms with Crippen LogP contribution in [0.4, 0.5) is 11.4 Å². The summed E-state index contributed by atoms with van der Waals surface area (Å²) in [7, 11) is -9.18. The first-order valence-electron chi connectivity index (χ1n) is 5.91. The molecule has 0 aliphatic heterocycles. The fraction of sp³-hybridized carbons (Fsp3) is 0. The highest BCUT2D eigenvalue weighted by atomic mass is 32.2. The van der Waals surface area contributed by atoms with Crippen LogP contribution in [0.2, 0.25) is 0 Å². The molecule has 0 unspecified atom stereocenters. The molecule has 0 atom stereocenters. The van der Waals surface area contributed by atoms with Crippen molar-refractivity contribution in [3.63, 3.8) is 0 Å². The van der Waals surface area contributed by atoms with Crippen molar-refractivity contribution in [1.29, 1.82) is 0 Å². The molecule has 124 valence electrons. The fourth-order valence-corrected chi connectivity index (χ4v) is 4.79. The molecule has 0 radical (unpaired) electrons. The van der Waals surface area contributed by atoms with E-state index < -0.39 is 30.0 Å². The molecule has 0 saturated heterocycles. The summed E-state index contributed by atoms with van der Waals surface area (Å²) in [6.45, 7) is 0. The Kier molecular flexibility index (Phi) is 4.59. The van der Waals surface area contributed by atoms with Gasteiger partial charge in [-0.3, -0.25) is 9.11 Å². The Morgan fingerprint density at radius 1 is 0.739 bits per heavy atom. The second-order valence-corrected chi connectivity index (χ2v) is 8.20. The third-order valence-electron chi connectivity index (χ3n) is 2.78. The van der Waals surface area contributed by atoms with E-state index in [1.165, 1.54) is 24.3 Å². The van der Waals surface area contributed by atoms with Crippen LogP contribution < -0.4 is 11.5 Å². The van der Waals surface area contributed by atoms with Gasteiger partial charge in [0.1, 0.15) is 9.79 Å². The van der Waals surface area contributed by atoms with Gasteiger partial charge in [0.15, 0.2) is 0 Å². The van der Waals surface area contributed by atoms with Crippen LogP contribution in [0.5, 0.6) is 0 Å². The van der Waals surface area contributed by atoms with Gasteiger partial charge in [-0.25, -0.2) is 0 Å². The van der Waals surface area contributed by atoms with Crippen LogP contribution in [-0.4, -0.2) is 25.9 Å². The molecule has 6 N–H and O–H groups in total. The summed E-state index contributed by atoms with van der Waals surface area (Å²) in [5, 5.41) is 0. The Labute approximate surface area is 137 Å². The fourth-order valence-electron chi connectivity index (χ4n) is 1.79. The van der Waals surface area contributed by atoms with Crippen molar-refractivity contribution in [3.8, 4) is 0 Å². The first kappa shape index (κ1) is 17.6. The minimum atomic E-state index is -4.59. The monoisotopic (exact) mass is 376 g/mol. The van der Waals surface area contributed by atoms with Crippen LogP contribution in [0.25, 0.3) is 0 Å². The minimum Gasteiger partial charge on any atom is -0.398 e. The molecule has 0 fully saturated rings. The lowest BCUT2D eigenvalue weighted by molar-refractivity contribution is 0.479. The number of hydrogen-bond acceptors (Lipinski definition) is 7. The molecule has 0 amide bonds. The molecule has 2 rings (SSSR count). The Bertz CT molecular complexity index is 891. The van der Waals surface area contributed by atoms with Crippen molar-refractivity contribution in [2.75, 3.05) is 11.5 Å². The van der Waals surface area contributed by atoms with Gasteiger partial charge in [0.25, 0.3) is 20.2 Å². The van der Waals surface area contributed by atoms with Gasteiger partial charge >= 0.3 is 0 Å². The number of rotatable bonds is 4. The summed E-state index contributed by atoms with van der Waals surface area (Å²) < 4.78 is 64.4. The lowest BCUT2D eigenvalue weighted by Crippen LogP contribution is -2.05. The van der Waals surface area contributed by atoms with Crippen LogP contribution in [0.1, 0.15) is 0 Å². The molecule has 0 spiro atoms. The van der Waals surface area contributed by atoms with E-state index in [1.807, 2.05) is 0 Å². The van der Waals surface area contributed by atoms with Gasteiger partial charge in [0.2, 0.25) is 0 Å². The smallest absolute Gasteiger partial charge is 0.295 e. The van der Waals surface area contributed by atoms with Crippen molar-refractivity contribution in [2.45, 2.75) is 19.6 Å². The minimum absolute atomic E-state index is 0.00494. The van der Waals surface area contributed by atoms with Crippen LogP contribution in [0, 0.1) is 0 Å². The molecule has 0 heterocycles. The highest BCUT2D eigenvalue weighted by molar-refractivity contribution is 8.00. The van der Waals surface area contributed by atoms with Gasteiger partial charge in [-0.2, -0.15) is 16.8 Å². The molecule has 0 aliphatic carbocycles. The second-order valence-electron chi connectivity index (χ2n) is 4.40. The van der Waals surface area contributed by atoms with E-state index >= 15 is 0 Å². The maximum Gasteiger partial charge on any atom is 0.295 e. The van der Waals surface area contributed by atoms with E-state index in [1.54, 1.807) is 0 Å². The molecule has 0 saturated carbocycles. The van der Waals surface area contributed by atoms with E-state index in [2.05, 4.69) is 0 Å². The normalized spacial score (nSPS) is 12.3. The second kappa shape index (κ2) is 6.02. The molecule has 11 heteroatoms. The summed E-state index contributed by atoms with van der Waals surface area (Å²) in [5.74, 6) is 0. The first-order valence-corrected chi connectivity index (χ1v) is 9.61. The van der Waals surface area contributed by atoms with Gasteiger partial charge in [-0.1, -0.05) is 23.9 Å². The number of nitrogens with two attached hydrogens (primary N) is 2. The lowest BCUT2D eigenvalue weighted by Gasteiger charge is -2.13. The van der Waals surface area contributed by atoms with Crippen molar-refractivity contribution < 1.29 is 25.9 Å². The topological polar surface area (TPSA) is 161 Å². The SMILES string of the molecule is Nc1cccc(S(=O)(=O)O)c1Sc1c(N)cccc1S(=O)(=O)O. The molecule has 23 heavy (non-hydrogen) atoms. The average molecular weight is 376 g/mol. The quantitative estimate of drug-likeness (QED) is 0.457. The van der Waals surface area contributed by atoms with E-state index in [4.69, 9.17) is 11.5 Å². The summed E-state index contributed by atoms with van der Waals surface area (Å²) in [5.41, 5.74) is 11.4. The number of benzene rings is 2. The Morgan fingerprint density at radius 2 is 1.09 bits per heavy atom. The predicted molar refractivity (Wildman–Crippen MR) is 85.5 cm³/mol. The van der Waals surface area contributed by atoms with Crippen molar-refractivity contribution >= 4 is 43.4 Å². The highest BCUT2D eigenvalue weighted by Gasteiger charge is 2.23. The largest absolute Gasteiger partial charge is 0.398 e. The molecule has 2 aromatic rings. The molecule has 0 aromatic heterocycles. The molecule has 2 aromatic carbocycles. The van der Waals surface area contributed by atoms with Gasteiger partial charge in [0.05, 0.1) is 9.79 Å². The van der Waals surface area contributed by atoms with Gasteiger partial charge in [0, 0.05) is 11.4 Å². The Hall–Kier alpha value is -1.79. The molecule has 8 nitrogen and oxygen atoms in total. The van der Waals surface area contributed by atoms with Crippen molar-refractivity contribution in [3.05, 3.63) is 36.4 Å². The summed E-state index contributed by atoms with van der Waals surface area (Å²) >= 11 is 0.619. The zero-order chi connectivity index (χ0) is 17.4. The van der Waals surface area contributed by atoms with Crippen LogP contribution in [0.15, 0.2) is 56.0 Å². The van der Waals surface area contributed by atoms with Crippen molar-refractivity contribution in [2.24, 2.45) is 0 Å². The van der Waals surface area contributed by atoms with Crippen molar-refractivity contribution in [1.82, 2.24) is 0 Å². The van der Waals surface area contributed by atoms with Gasteiger partial charge in [-0.15, -0.1) is 0 Å². The Balaban J connectivity index is 2.72. The summed E-state index contributed by atoms with van der Waals surface area (Å²) in [4.78, 5) is -1.19. The number of anilines is 2. The summed E-state index contributed by atoms with van der Waals surface area (Å²) in [6, 6.07) is 7.62. The Morgan fingerprint density at radius 3 is 1.39 bits per heavy atom. The van der Waals surface area contributed by atoms with E-state index in [-0.39, 0.29) is 21.2 Å². The first-order chi connectivity index (χ1) is 10.5. The third-order valence-corrected chi connectivity index (χ3v) is 6.15. The zero-order valence-corrected chi connectivity index (χ0v) is 13.8. The van der Waals surface area contributed by atoms with Gasteiger partial charge in [-0.05, 0) is 24.3 Å².